The third kappa shape index (κ3) is 4.74. The topological polar surface area (TPSA) is 96.0 Å². The minimum atomic E-state index is -3.76. The number of nitrogens with zero attached hydrogens (tertiary/aromatic N) is 2. The van der Waals surface area contributed by atoms with Crippen molar-refractivity contribution in [2.45, 2.75) is 44.2 Å². The van der Waals surface area contributed by atoms with Crippen molar-refractivity contribution in [3.8, 4) is 5.75 Å². The van der Waals surface area contributed by atoms with Gasteiger partial charge in [-0.15, -0.1) is 0 Å². The zero-order valence-corrected chi connectivity index (χ0v) is 19.9. The number of rotatable bonds is 5. The molecule has 2 amide bonds. The van der Waals surface area contributed by atoms with Gasteiger partial charge in [0.1, 0.15) is 5.75 Å². The number of benzene rings is 2. The summed E-state index contributed by atoms with van der Waals surface area (Å²) in [6.45, 7) is 4.40. The molecule has 2 aliphatic rings. The Morgan fingerprint density at radius 1 is 1.18 bits per heavy atom. The second-order valence-corrected chi connectivity index (χ2v) is 10.6. The van der Waals surface area contributed by atoms with Gasteiger partial charge >= 0.3 is 0 Å². The number of hydrogen-bond donors (Lipinski definition) is 1. The Morgan fingerprint density at radius 3 is 2.52 bits per heavy atom. The Labute approximate surface area is 194 Å². The van der Waals surface area contributed by atoms with Crippen molar-refractivity contribution in [2.75, 3.05) is 25.5 Å². The molecule has 2 heterocycles. The molecule has 1 saturated heterocycles. The molecule has 0 saturated carbocycles. The Bertz CT molecular complexity index is 1160. The Hall–Kier alpha value is -2.91. The third-order valence-corrected chi connectivity index (χ3v) is 8.31. The maximum atomic E-state index is 13.4. The summed E-state index contributed by atoms with van der Waals surface area (Å²) in [4.78, 5) is 26.6. The zero-order valence-electron chi connectivity index (χ0n) is 19.1. The van der Waals surface area contributed by atoms with E-state index in [9.17, 15) is 18.0 Å². The van der Waals surface area contributed by atoms with Crippen LogP contribution in [0.1, 0.15) is 30.9 Å². The third-order valence-electron chi connectivity index (χ3n) is 6.27. The van der Waals surface area contributed by atoms with Gasteiger partial charge in [0.2, 0.25) is 15.9 Å². The van der Waals surface area contributed by atoms with Gasteiger partial charge in [0.25, 0.3) is 5.91 Å². The van der Waals surface area contributed by atoms with Crippen LogP contribution in [0.15, 0.2) is 47.4 Å². The average molecular weight is 472 g/mol. The molecule has 1 atom stereocenters. The van der Waals surface area contributed by atoms with Crippen molar-refractivity contribution in [3.63, 3.8) is 0 Å². The van der Waals surface area contributed by atoms with Crippen LogP contribution >= 0.6 is 0 Å². The highest BCUT2D eigenvalue weighted by Gasteiger charge is 2.35. The molecular weight excluding hydrogens is 442 g/mol. The first-order chi connectivity index (χ1) is 15.7. The van der Waals surface area contributed by atoms with Crippen LogP contribution in [0, 0.1) is 12.8 Å². The highest BCUT2D eigenvalue weighted by Crippen LogP contribution is 2.36. The summed E-state index contributed by atoms with van der Waals surface area (Å²) in [5, 5.41) is 2.74. The molecule has 1 N–H and O–H groups in total. The van der Waals surface area contributed by atoms with E-state index < -0.39 is 16.1 Å². The van der Waals surface area contributed by atoms with E-state index in [-0.39, 0.29) is 35.7 Å². The van der Waals surface area contributed by atoms with Gasteiger partial charge in [-0.05, 0) is 43.9 Å². The first-order valence-corrected chi connectivity index (χ1v) is 12.5. The first kappa shape index (κ1) is 23.3. The number of aryl methyl sites for hydroxylation is 1. The molecule has 33 heavy (non-hydrogen) atoms. The number of amides is 2. The molecule has 0 bridgehead atoms. The number of fused-ring (bicyclic) bond motifs is 1. The average Bonchev–Trinajstić information content (AvgIpc) is 2.80. The Morgan fingerprint density at radius 2 is 1.85 bits per heavy atom. The summed E-state index contributed by atoms with van der Waals surface area (Å²) in [7, 11) is -1.97. The molecule has 2 aromatic rings. The van der Waals surface area contributed by atoms with E-state index in [4.69, 9.17) is 4.74 Å². The van der Waals surface area contributed by atoms with E-state index in [1.807, 2.05) is 30.3 Å². The molecule has 0 radical (unpaired) electrons. The zero-order chi connectivity index (χ0) is 23.8. The Kier molecular flexibility index (Phi) is 6.45. The lowest BCUT2D eigenvalue weighted by Gasteiger charge is -2.33. The number of carbonyl (C=O) groups excluding carboxylic acids is 2. The SMILES string of the molecule is Cc1cc2c(cc1S(=O)(=O)N1CCC(C(=O)N(C)Cc3ccccc3)CC1)OC(C)C(=O)N2. The smallest absolute Gasteiger partial charge is 0.265 e. The van der Waals surface area contributed by atoms with E-state index in [0.717, 1.165) is 5.56 Å². The molecule has 1 unspecified atom stereocenters. The largest absolute Gasteiger partial charge is 0.479 e. The molecule has 0 aromatic heterocycles. The number of piperidine rings is 1. The molecule has 2 aromatic carbocycles. The predicted octanol–water partition coefficient (Wildman–Crippen LogP) is 2.77. The molecule has 1 fully saturated rings. The monoisotopic (exact) mass is 471 g/mol. The van der Waals surface area contributed by atoms with Crippen molar-refractivity contribution < 1.29 is 22.7 Å². The summed E-state index contributed by atoms with van der Waals surface area (Å²) in [5.74, 6) is -0.0754. The number of anilines is 1. The fourth-order valence-electron chi connectivity index (χ4n) is 4.35. The van der Waals surface area contributed by atoms with Crippen LogP contribution in [0.2, 0.25) is 0 Å². The Balaban J connectivity index is 1.43. The van der Waals surface area contributed by atoms with Crippen LogP contribution in [-0.2, 0) is 26.2 Å². The number of ether oxygens (including phenoxy) is 1. The van der Waals surface area contributed by atoms with Gasteiger partial charge in [0.15, 0.2) is 6.10 Å². The minimum Gasteiger partial charge on any atom is -0.479 e. The summed E-state index contributed by atoms with van der Waals surface area (Å²) in [6, 6.07) is 12.9. The maximum Gasteiger partial charge on any atom is 0.265 e. The number of sulfonamides is 1. The van der Waals surface area contributed by atoms with E-state index >= 15 is 0 Å². The van der Waals surface area contributed by atoms with Gasteiger partial charge < -0.3 is 15.0 Å². The molecule has 8 nitrogen and oxygen atoms in total. The normalized spacial score (nSPS) is 19.4. The van der Waals surface area contributed by atoms with E-state index in [1.165, 1.54) is 10.4 Å². The van der Waals surface area contributed by atoms with Crippen molar-refractivity contribution in [1.29, 1.82) is 0 Å². The van der Waals surface area contributed by atoms with Crippen LogP contribution in [0.3, 0.4) is 0 Å². The van der Waals surface area contributed by atoms with Crippen molar-refractivity contribution >= 4 is 27.5 Å². The highest BCUT2D eigenvalue weighted by atomic mass is 32.2. The van der Waals surface area contributed by atoms with Crippen molar-refractivity contribution in [3.05, 3.63) is 53.6 Å². The molecular formula is C24H29N3O5S. The molecule has 0 aliphatic carbocycles. The summed E-state index contributed by atoms with van der Waals surface area (Å²) >= 11 is 0. The molecule has 4 rings (SSSR count). The lowest BCUT2D eigenvalue weighted by atomic mass is 9.96. The molecule has 0 spiro atoms. The summed E-state index contributed by atoms with van der Waals surface area (Å²) < 4.78 is 33.8. The molecule has 176 valence electrons. The maximum absolute atomic E-state index is 13.4. The summed E-state index contributed by atoms with van der Waals surface area (Å²) in [5.41, 5.74) is 2.07. The van der Waals surface area contributed by atoms with Gasteiger partial charge in [-0.1, -0.05) is 30.3 Å². The second-order valence-electron chi connectivity index (χ2n) is 8.72. The first-order valence-electron chi connectivity index (χ1n) is 11.1. The van der Waals surface area contributed by atoms with E-state index in [2.05, 4.69) is 5.32 Å². The molecule has 9 heteroatoms. The van der Waals surface area contributed by atoms with E-state index in [0.29, 0.717) is 36.4 Å². The van der Waals surface area contributed by atoms with Crippen LogP contribution in [0.4, 0.5) is 5.69 Å². The quantitative estimate of drug-likeness (QED) is 0.724. The highest BCUT2D eigenvalue weighted by molar-refractivity contribution is 7.89. The van der Waals surface area contributed by atoms with Gasteiger partial charge in [0.05, 0.1) is 10.6 Å². The van der Waals surface area contributed by atoms with Gasteiger partial charge in [-0.25, -0.2) is 8.42 Å². The molecule has 2 aliphatic heterocycles. The van der Waals surface area contributed by atoms with Crippen LogP contribution in [-0.4, -0.2) is 55.7 Å². The fraction of sp³-hybridized carbons (Fsp3) is 0.417. The standard InChI is InChI=1S/C24H29N3O5S/c1-16-13-20-21(32-17(2)23(28)25-20)14-22(16)33(30,31)27-11-9-19(10-12-27)24(29)26(3)15-18-7-5-4-6-8-18/h4-8,13-14,17,19H,9-12,15H2,1-3H3,(H,25,28). The minimum absolute atomic E-state index is 0.0407. The van der Waals surface area contributed by atoms with Gasteiger partial charge in [-0.2, -0.15) is 4.31 Å². The van der Waals surface area contributed by atoms with Crippen LogP contribution < -0.4 is 10.1 Å². The van der Waals surface area contributed by atoms with E-state index in [1.54, 1.807) is 31.9 Å². The lowest BCUT2D eigenvalue weighted by Crippen LogP contribution is -2.43. The van der Waals surface area contributed by atoms with Crippen molar-refractivity contribution in [2.24, 2.45) is 5.92 Å². The van der Waals surface area contributed by atoms with Crippen LogP contribution in [0.5, 0.6) is 5.75 Å². The number of carbonyl (C=O) groups is 2. The fourth-order valence-corrected chi connectivity index (χ4v) is 6.04. The lowest BCUT2D eigenvalue weighted by molar-refractivity contribution is -0.136. The summed E-state index contributed by atoms with van der Waals surface area (Å²) in [6.07, 6.45) is 0.264. The predicted molar refractivity (Wildman–Crippen MR) is 124 cm³/mol. The van der Waals surface area contributed by atoms with Crippen molar-refractivity contribution in [1.82, 2.24) is 9.21 Å². The number of nitrogens with one attached hydrogen (secondary N) is 1. The number of hydrogen-bond acceptors (Lipinski definition) is 5. The van der Waals surface area contributed by atoms with Gasteiger partial charge in [0, 0.05) is 38.7 Å². The van der Waals surface area contributed by atoms with Crippen LogP contribution in [0.25, 0.3) is 0 Å². The second kappa shape index (κ2) is 9.15. The van der Waals surface area contributed by atoms with Gasteiger partial charge in [-0.3, -0.25) is 9.59 Å².